The minimum atomic E-state index is -0.736. The Kier molecular flexibility index (Phi) is 4.93. The average Bonchev–Trinajstić information content (AvgIpc) is 3.30. The van der Waals surface area contributed by atoms with Gasteiger partial charge >= 0.3 is 11.9 Å². The van der Waals surface area contributed by atoms with E-state index in [1.165, 1.54) is 25.3 Å². The van der Waals surface area contributed by atoms with E-state index in [-0.39, 0.29) is 34.1 Å². The zero-order chi connectivity index (χ0) is 20.9. The third-order valence-corrected chi connectivity index (χ3v) is 7.02. The van der Waals surface area contributed by atoms with Gasteiger partial charge in [0.25, 0.3) is 11.6 Å². The molecule has 2 bridgehead atoms. The number of nitro groups is 1. The molecular weight excluding hydrogens is 452 g/mol. The monoisotopic (exact) mass is 468 g/mol. The second-order valence-corrected chi connectivity index (χ2v) is 8.31. The number of hydrogen-bond donors (Lipinski definition) is 1. The number of alkyl halides is 1. The van der Waals surface area contributed by atoms with E-state index in [1.54, 1.807) is 0 Å². The topological polar surface area (TPSA) is 134 Å². The SMILES string of the molecule is COc1ccc([N+](=O)[O-])c(NC(=O)COC(=O)[C@@H]2[C@H]3C[C@H]4[C@H](OC(=O)[C@@H]42)[C@@H]3Br)c1. The van der Waals surface area contributed by atoms with Crippen molar-refractivity contribution in [3.63, 3.8) is 0 Å². The number of rotatable bonds is 6. The van der Waals surface area contributed by atoms with Gasteiger partial charge in [-0.05, 0) is 18.4 Å². The van der Waals surface area contributed by atoms with Gasteiger partial charge in [-0.15, -0.1) is 0 Å². The van der Waals surface area contributed by atoms with Gasteiger partial charge in [0, 0.05) is 18.1 Å². The highest BCUT2D eigenvalue weighted by Gasteiger charge is 2.68. The number of ether oxygens (including phenoxy) is 3. The van der Waals surface area contributed by atoms with E-state index >= 15 is 0 Å². The summed E-state index contributed by atoms with van der Waals surface area (Å²) < 4.78 is 15.5. The third-order valence-electron chi connectivity index (χ3n) is 5.82. The molecule has 4 rings (SSSR count). The van der Waals surface area contributed by atoms with Crippen molar-refractivity contribution in [3.05, 3.63) is 28.3 Å². The largest absolute Gasteiger partial charge is 0.497 e. The van der Waals surface area contributed by atoms with Crippen molar-refractivity contribution in [2.45, 2.75) is 17.4 Å². The van der Waals surface area contributed by atoms with Crippen molar-refractivity contribution >= 4 is 45.2 Å². The number of carbonyl (C=O) groups is 3. The molecule has 1 amide bonds. The summed E-state index contributed by atoms with van der Waals surface area (Å²) in [5.41, 5.74) is -0.390. The van der Waals surface area contributed by atoms with E-state index in [1.807, 2.05) is 0 Å². The molecule has 0 radical (unpaired) electrons. The first-order chi connectivity index (χ1) is 13.8. The first-order valence-electron chi connectivity index (χ1n) is 8.95. The lowest BCUT2D eigenvalue weighted by molar-refractivity contribution is -0.383. The van der Waals surface area contributed by atoms with Crippen LogP contribution in [0.1, 0.15) is 6.42 Å². The van der Waals surface area contributed by atoms with Crippen molar-refractivity contribution in [2.75, 3.05) is 19.0 Å². The third kappa shape index (κ3) is 3.22. The van der Waals surface area contributed by atoms with Crippen LogP contribution in [0.15, 0.2) is 18.2 Å². The van der Waals surface area contributed by atoms with Crippen molar-refractivity contribution in [1.29, 1.82) is 0 Å². The lowest BCUT2D eigenvalue weighted by atomic mass is 9.80. The quantitative estimate of drug-likeness (QED) is 0.288. The molecule has 11 heteroatoms. The Morgan fingerprint density at radius 1 is 1.38 bits per heavy atom. The minimum absolute atomic E-state index is 0.0114. The Hall–Kier alpha value is -2.69. The highest BCUT2D eigenvalue weighted by molar-refractivity contribution is 9.09. The number of esters is 2. The van der Waals surface area contributed by atoms with Crippen LogP contribution in [0.5, 0.6) is 5.75 Å². The van der Waals surface area contributed by atoms with Crippen molar-refractivity contribution < 1.29 is 33.5 Å². The molecule has 0 aromatic heterocycles. The number of fused-ring (bicyclic) bond motifs is 1. The van der Waals surface area contributed by atoms with Crippen LogP contribution in [0.4, 0.5) is 11.4 Å². The highest BCUT2D eigenvalue weighted by Crippen LogP contribution is 2.60. The molecule has 0 unspecified atom stereocenters. The number of hydrogen-bond acceptors (Lipinski definition) is 8. The molecule has 1 aromatic carbocycles. The number of amides is 1. The highest BCUT2D eigenvalue weighted by atomic mass is 79.9. The number of methoxy groups -OCH3 is 1. The van der Waals surface area contributed by atoms with E-state index in [2.05, 4.69) is 21.2 Å². The van der Waals surface area contributed by atoms with E-state index in [0.29, 0.717) is 12.2 Å². The van der Waals surface area contributed by atoms with E-state index in [9.17, 15) is 24.5 Å². The summed E-state index contributed by atoms with van der Waals surface area (Å²) in [4.78, 5) is 47.3. The Morgan fingerprint density at radius 3 is 2.83 bits per heavy atom. The van der Waals surface area contributed by atoms with Crippen LogP contribution in [0.3, 0.4) is 0 Å². The first-order valence-corrected chi connectivity index (χ1v) is 9.87. The summed E-state index contributed by atoms with van der Waals surface area (Å²) >= 11 is 3.50. The first kappa shape index (κ1) is 19.6. The fourth-order valence-corrected chi connectivity index (χ4v) is 5.66. The van der Waals surface area contributed by atoms with Gasteiger partial charge in [0.15, 0.2) is 6.61 Å². The van der Waals surface area contributed by atoms with Crippen LogP contribution in [0, 0.1) is 33.8 Å². The predicted octanol–water partition coefficient (Wildman–Crippen LogP) is 1.66. The van der Waals surface area contributed by atoms with Crippen LogP contribution in [-0.4, -0.2) is 47.4 Å². The smallest absolute Gasteiger partial charge is 0.310 e. The maximum atomic E-state index is 12.6. The molecule has 2 aliphatic carbocycles. The Morgan fingerprint density at radius 2 is 2.14 bits per heavy atom. The van der Waals surface area contributed by atoms with Gasteiger partial charge in [-0.1, -0.05) is 15.9 Å². The molecule has 1 N–H and O–H groups in total. The number of nitro benzene ring substituents is 1. The van der Waals surface area contributed by atoms with E-state index in [0.717, 1.165) is 0 Å². The summed E-state index contributed by atoms with van der Waals surface area (Å²) in [5.74, 6) is -2.74. The normalized spacial score (nSPS) is 31.3. The summed E-state index contributed by atoms with van der Waals surface area (Å²) in [7, 11) is 1.39. The second kappa shape index (κ2) is 7.29. The van der Waals surface area contributed by atoms with Crippen molar-refractivity contribution in [3.8, 4) is 5.75 Å². The van der Waals surface area contributed by atoms with Crippen LogP contribution in [0.2, 0.25) is 0 Å². The molecule has 154 valence electrons. The molecule has 3 aliphatic rings. The molecule has 1 aliphatic heterocycles. The molecule has 6 atom stereocenters. The Bertz CT molecular complexity index is 906. The summed E-state index contributed by atoms with van der Waals surface area (Å²) in [6, 6.07) is 3.90. The fourth-order valence-electron chi connectivity index (χ4n) is 4.61. The molecule has 1 heterocycles. The summed E-state index contributed by atoms with van der Waals surface area (Å²) in [6.45, 7) is -0.626. The number of carbonyl (C=O) groups excluding carboxylic acids is 3. The molecule has 1 aromatic rings. The molecule has 29 heavy (non-hydrogen) atoms. The van der Waals surface area contributed by atoms with Crippen LogP contribution in [-0.2, 0) is 23.9 Å². The maximum Gasteiger partial charge on any atom is 0.310 e. The molecule has 1 saturated heterocycles. The fraction of sp³-hybridized carbons (Fsp3) is 0.500. The van der Waals surface area contributed by atoms with Crippen molar-refractivity contribution in [2.24, 2.45) is 23.7 Å². The number of nitrogens with zero attached hydrogens (tertiary/aromatic N) is 1. The Balaban J connectivity index is 1.40. The molecule has 2 saturated carbocycles. The van der Waals surface area contributed by atoms with Gasteiger partial charge < -0.3 is 19.5 Å². The number of benzene rings is 1. The average molecular weight is 469 g/mol. The second-order valence-electron chi connectivity index (χ2n) is 7.26. The minimum Gasteiger partial charge on any atom is -0.497 e. The standard InChI is InChI=1S/C18H17BrN2O8/c1-27-7-2-3-11(21(25)26)10(4-7)20-12(22)6-28-17(23)13-8-5-9-14(13)18(24)29-16(9)15(8)19/h2-4,8-9,13-16H,5-6H2,1H3,(H,20,22)/t8-,9-,13-,14+,15-,16+/m1/s1. The van der Waals surface area contributed by atoms with Gasteiger partial charge in [-0.2, -0.15) is 0 Å². The van der Waals surface area contributed by atoms with Crippen LogP contribution in [0.25, 0.3) is 0 Å². The lowest BCUT2D eigenvalue weighted by Gasteiger charge is -2.26. The summed E-state index contributed by atoms with van der Waals surface area (Å²) in [5, 5.41) is 13.5. The molecule has 0 spiro atoms. The van der Waals surface area contributed by atoms with Crippen LogP contribution >= 0.6 is 15.9 Å². The maximum absolute atomic E-state index is 12.6. The molecule has 10 nitrogen and oxygen atoms in total. The molecular formula is C18H17BrN2O8. The van der Waals surface area contributed by atoms with Gasteiger partial charge in [0.2, 0.25) is 0 Å². The van der Waals surface area contributed by atoms with Gasteiger partial charge in [-0.3, -0.25) is 24.5 Å². The van der Waals surface area contributed by atoms with E-state index in [4.69, 9.17) is 14.2 Å². The number of nitrogens with one attached hydrogen (secondary N) is 1. The number of anilines is 1. The zero-order valence-electron chi connectivity index (χ0n) is 15.2. The lowest BCUT2D eigenvalue weighted by Crippen LogP contribution is -2.39. The Labute approximate surface area is 173 Å². The van der Waals surface area contributed by atoms with Crippen LogP contribution < -0.4 is 10.1 Å². The molecule has 3 fully saturated rings. The predicted molar refractivity (Wildman–Crippen MR) is 100 cm³/mol. The van der Waals surface area contributed by atoms with Gasteiger partial charge in [0.1, 0.15) is 17.5 Å². The zero-order valence-corrected chi connectivity index (χ0v) is 16.8. The van der Waals surface area contributed by atoms with E-state index < -0.39 is 41.2 Å². The summed E-state index contributed by atoms with van der Waals surface area (Å²) in [6.07, 6.45) is 0.484. The van der Waals surface area contributed by atoms with Gasteiger partial charge in [0.05, 0.1) is 28.7 Å². The number of halogens is 1. The van der Waals surface area contributed by atoms with Crippen molar-refractivity contribution in [1.82, 2.24) is 0 Å². The van der Waals surface area contributed by atoms with Gasteiger partial charge in [-0.25, -0.2) is 0 Å².